The van der Waals surface area contributed by atoms with Crippen LogP contribution in [0.15, 0.2) is 15.6 Å². The number of carbonyl (C=O) groups is 3. The zero-order chi connectivity index (χ0) is 22.4. The summed E-state index contributed by atoms with van der Waals surface area (Å²) in [6, 6.07) is -0.842. The summed E-state index contributed by atoms with van der Waals surface area (Å²) < 4.78 is 2.22. The van der Waals surface area contributed by atoms with Crippen LogP contribution in [0.5, 0.6) is 0 Å². The van der Waals surface area contributed by atoms with E-state index in [9.17, 15) is 19.5 Å². The van der Waals surface area contributed by atoms with E-state index in [1.807, 2.05) is 6.92 Å². The third-order valence-electron chi connectivity index (χ3n) is 4.89. The second-order valence-electron chi connectivity index (χ2n) is 6.87. The van der Waals surface area contributed by atoms with Gasteiger partial charge in [0.15, 0.2) is 10.0 Å². The van der Waals surface area contributed by atoms with E-state index in [-0.39, 0.29) is 16.4 Å². The molecule has 164 valence electrons. The normalized spacial score (nSPS) is 20.5. The van der Waals surface area contributed by atoms with Gasteiger partial charge in [-0.15, -0.1) is 22.0 Å². The molecule has 1 fully saturated rings. The van der Waals surface area contributed by atoms with E-state index in [2.05, 4.69) is 20.6 Å². The van der Waals surface area contributed by atoms with E-state index < -0.39 is 29.2 Å². The Balaban J connectivity index is 1.49. The number of carboxylic acid groups (broad SMARTS) is 1. The zero-order valence-corrected chi connectivity index (χ0v) is 19.8. The summed E-state index contributed by atoms with van der Waals surface area (Å²) in [5, 5.41) is 25.0. The Labute approximate surface area is 194 Å². The molecule has 31 heavy (non-hydrogen) atoms. The van der Waals surface area contributed by atoms with Gasteiger partial charge in [0, 0.05) is 18.6 Å². The number of nitrogens with one attached hydrogen (secondary N) is 1. The zero-order valence-electron chi connectivity index (χ0n) is 16.6. The summed E-state index contributed by atoms with van der Waals surface area (Å²) in [7, 11) is 1.66. The maximum atomic E-state index is 12.8. The molecule has 0 aliphatic carbocycles. The number of carboxylic acids is 1. The van der Waals surface area contributed by atoms with Gasteiger partial charge >= 0.3 is 5.97 Å². The fourth-order valence-electron chi connectivity index (χ4n) is 3.22. The van der Waals surface area contributed by atoms with Crippen molar-refractivity contribution in [2.75, 3.05) is 11.5 Å². The number of nitrogens with zero attached hydrogens (tertiary/aromatic N) is 5. The van der Waals surface area contributed by atoms with Crippen LogP contribution in [-0.2, 0) is 16.6 Å². The van der Waals surface area contributed by atoms with Gasteiger partial charge in [0.1, 0.15) is 22.1 Å². The number of halogens is 1. The first-order valence-corrected chi connectivity index (χ1v) is 12.2. The highest BCUT2D eigenvalue weighted by Crippen LogP contribution is 2.42. The summed E-state index contributed by atoms with van der Waals surface area (Å²) in [5.41, 5.74) is 1.27. The van der Waals surface area contributed by atoms with Gasteiger partial charge in [-0.3, -0.25) is 19.2 Å². The minimum atomic E-state index is -1.17. The molecular formula is C17H17ClN6O4S3. The molecule has 14 heteroatoms. The van der Waals surface area contributed by atoms with Gasteiger partial charge in [0.05, 0.1) is 10.7 Å². The topological polar surface area (TPSA) is 130 Å². The first kappa shape index (κ1) is 22.1. The van der Waals surface area contributed by atoms with Crippen LogP contribution in [0.1, 0.15) is 21.2 Å². The maximum Gasteiger partial charge on any atom is 0.352 e. The molecule has 0 radical (unpaired) electrons. The summed E-state index contributed by atoms with van der Waals surface area (Å²) in [6.07, 6.45) is 0. The third kappa shape index (κ3) is 3.95. The van der Waals surface area contributed by atoms with Crippen LogP contribution in [0, 0.1) is 13.8 Å². The highest BCUT2D eigenvalue weighted by Gasteiger charge is 2.54. The second-order valence-corrected chi connectivity index (χ2v) is 10.8. The smallest absolute Gasteiger partial charge is 0.352 e. The van der Waals surface area contributed by atoms with Crippen molar-refractivity contribution in [1.82, 2.24) is 30.2 Å². The lowest BCUT2D eigenvalue weighted by atomic mass is 10.0. The maximum absolute atomic E-state index is 12.8. The van der Waals surface area contributed by atoms with E-state index in [1.54, 1.807) is 14.0 Å². The predicted octanol–water partition coefficient (Wildman–Crippen LogP) is 1.69. The number of hydrogen-bond donors (Lipinski definition) is 2. The van der Waals surface area contributed by atoms with Crippen molar-refractivity contribution in [3.63, 3.8) is 0 Å². The van der Waals surface area contributed by atoms with Crippen molar-refractivity contribution in [1.29, 1.82) is 0 Å². The molecule has 4 heterocycles. The monoisotopic (exact) mass is 500 g/mol. The number of carbonyl (C=O) groups excluding carboxylic acids is 2. The highest BCUT2D eigenvalue weighted by atomic mass is 35.5. The van der Waals surface area contributed by atoms with Crippen LogP contribution in [0.3, 0.4) is 0 Å². The lowest BCUT2D eigenvalue weighted by Gasteiger charge is -2.49. The quantitative estimate of drug-likeness (QED) is 0.449. The molecule has 0 spiro atoms. The molecule has 0 bridgehead atoms. The van der Waals surface area contributed by atoms with Crippen molar-refractivity contribution in [2.24, 2.45) is 7.05 Å². The number of aryl methyl sites for hydroxylation is 2. The molecule has 2 aliphatic rings. The second kappa shape index (κ2) is 8.45. The molecule has 0 aromatic carbocycles. The molecular weight excluding hydrogens is 484 g/mol. The van der Waals surface area contributed by atoms with Gasteiger partial charge < -0.3 is 10.4 Å². The van der Waals surface area contributed by atoms with Gasteiger partial charge in [-0.1, -0.05) is 34.7 Å². The Morgan fingerprint density at radius 1 is 1.35 bits per heavy atom. The van der Waals surface area contributed by atoms with Gasteiger partial charge in [-0.2, -0.15) is 5.10 Å². The molecule has 2 aromatic heterocycles. The summed E-state index contributed by atoms with van der Waals surface area (Å²) in [5.74, 6) is -1.39. The number of amides is 2. The minimum Gasteiger partial charge on any atom is -0.477 e. The number of β-lactam (4-membered cyclic amide) rings is 1. The Morgan fingerprint density at radius 2 is 2.10 bits per heavy atom. The molecule has 0 saturated carbocycles. The minimum absolute atomic E-state index is 0.0281. The average molecular weight is 501 g/mol. The first-order valence-electron chi connectivity index (χ1n) is 9.02. The van der Waals surface area contributed by atoms with Crippen molar-refractivity contribution in [3.8, 4) is 0 Å². The van der Waals surface area contributed by atoms with Crippen molar-refractivity contribution < 1.29 is 19.5 Å². The van der Waals surface area contributed by atoms with E-state index in [4.69, 9.17) is 11.6 Å². The lowest BCUT2D eigenvalue weighted by Crippen LogP contribution is -2.70. The van der Waals surface area contributed by atoms with Crippen molar-refractivity contribution in [2.45, 2.75) is 29.6 Å². The largest absolute Gasteiger partial charge is 0.477 e. The molecule has 2 atom stereocenters. The van der Waals surface area contributed by atoms with E-state index in [0.717, 1.165) is 9.35 Å². The van der Waals surface area contributed by atoms with Crippen LogP contribution < -0.4 is 5.32 Å². The van der Waals surface area contributed by atoms with Crippen LogP contribution in [0.2, 0.25) is 5.02 Å². The Kier molecular flexibility index (Phi) is 6.03. The van der Waals surface area contributed by atoms with E-state index in [0.29, 0.717) is 22.8 Å². The Hall–Kier alpha value is -2.09. The van der Waals surface area contributed by atoms with Gasteiger partial charge in [-0.05, 0) is 19.4 Å². The molecule has 2 aromatic rings. The molecule has 10 nitrogen and oxygen atoms in total. The standard InChI is InChI=1S/C17H17ClN6O4S3/c1-6-9(18)10(22-23(6)3)13(25)19-11-14(26)24-12(16(27)28)8(4-29-15(11)24)5-30-17-21-20-7(2)31-17/h11,15H,4-5H2,1-3H3,(H,19,25)(H,27,28)/t11-,15+/m0/s1. The fourth-order valence-corrected chi connectivity index (χ4v) is 6.76. The molecule has 2 amide bonds. The van der Waals surface area contributed by atoms with Crippen LogP contribution in [0.25, 0.3) is 0 Å². The van der Waals surface area contributed by atoms with Gasteiger partial charge in [-0.25, -0.2) is 4.79 Å². The average Bonchev–Trinajstić information content (AvgIpc) is 3.27. The molecule has 4 rings (SSSR count). The Bertz CT molecular complexity index is 1130. The highest BCUT2D eigenvalue weighted by molar-refractivity contribution is 8.01. The van der Waals surface area contributed by atoms with Crippen molar-refractivity contribution in [3.05, 3.63) is 32.7 Å². The van der Waals surface area contributed by atoms with Crippen LogP contribution in [0.4, 0.5) is 0 Å². The fraction of sp³-hybridized carbons (Fsp3) is 0.412. The van der Waals surface area contributed by atoms with Gasteiger partial charge in [0.2, 0.25) is 0 Å². The number of hydrogen-bond acceptors (Lipinski definition) is 9. The number of aliphatic carboxylic acids is 1. The summed E-state index contributed by atoms with van der Waals surface area (Å²) >= 11 is 10.4. The van der Waals surface area contributed by atoms with Crippen LogP contribution >= 0.6 is 46.5 Å². The third-order valence-corrected chi connectivity index (χ3v) is 8.74. The molecule has 2 aliphatic heterocycles. The summed E-state index contributed by atoms with van der Waals surface area (Å²) in [4.78, 5) is 38.6. The number of aromatic nitrogens is 4. The number of rotatable bonds is 6. The number of thioether (sulfide) groups is 2. The SMILES string of the molecule is Cc1nnc(SCC2=C(C(=O)O)N3C(=O)[C@H](NC(=O)c4nn(C)c(C)c4Cl)[C@H]3SC2)s1. The lowest BCUT2D eigenvalue weighted by molar-refractivity contribution is -0.148. The summed E-state index contributed by atoms with van der Waals surface area (Å²) in [6.45, 7) is 3.57. The van der Waals surface area contributed by atoms with Crippen molar-refractivity contribution >= 4 is 64.2 Å². The van der Waals surface area contributed by atoms with E-state index >= 15 is 0 Å². The molecule has 1 saturated heterocycles. The molecule has 2 N–H and O–H groups in total. The predicted molar refractivity (Wildman–Crippen MR) is 117 cm³/mol. The molecule has 0 unspecified atom stereocenters. The Morgan fingerprint density at radius 3 is 2.68 bits per heavy atom. The number of fused-ring (bicyclic) bond motifs is 1. The first-order chi connectivity index (χ1) is 14.7. The van der Waals surface area contributed by atoms with Crippen LogP contribution in [-0.4, -0.2) is 70.7 Å². The van der Waals surface area contributed by atoms with E-state index in [1.165, 1.54) is 44.4 Å². The van der Waals surface area contributed by atoms with Gasteiger partial charge in [0.25, 0.3) is 11.8 Å².